The van der Waals surface area contributed by atoms with Gasteiger partial charge in [0.15, 0.2) is 0 Å². The molecular weight excluding hydrogens is 329 g/mol. The van der Waals surface area contributed by atoms with Gasteiger partial charge in [0.1, 0.15) is 5.82 Å². The third kappa shape index (κ3) is 3.55. The van der Waals surface area contributed by atoms with Crippen LogP contribution in [0.25, 0.3) is 11.1 Å². The van der Waals surface area contributed by atoms with E-state index in [9.17, 15) is 14.3 Å². The molecule has 0 bridgehead atoms. The summed E-state index contributed by atoms with van der Waals surface area (Å²) in [7, 11) is 0. The maximum Gasteiger partial charge on any atom is 0.337 e. The lowest BCUT2D eigenvalue weighted by Crippen LogP contribution is -2.03. The van der Waals surface area contributed by atoms with Crippen molar-refractivity contribution in [3.63, 3.8) is 0 Å². The highest BCUT2D eigenvalue weighted by molar-refractivity contribution is 6.30. The average Bonchev–Trinajstić information content (AvgIpc) is 2.55. The van der Waals surface area contributed by atoms with Gasteiger partial charge in [0, 0.05) is 10.7 Å². The van der Waals surface area contributed by atoms with Crippen LogP contribution in [0.2, 0.25) is 5.02 Å². The summed E-state index contributed by atoms with van der Waals surface area (Å²) in [5.74, 6) is -1.63. The number of rotatable bonds is 4. The Bertz CT molecular complexity index is 911. The number of hydrogen-bond acceptors (Lipinski definition) is 2. The minimum atomic E-state index is -1.12. The number of nitrogens with one attached hydrogen (secondary N) is 1. The molecule has 0 saturated heterocycles. The first kappa shape index (κ1) is 16.0. The van der Waals surface area contributed by atoms with Crippen LogP contribution in [0.4, 0.5) is 15.8 Å². The zero-order chi connectivity index (χ0) is 17.1. The Balaban J connectivity index is 1.96. The van der Waals surface area contributed by atoms with Crippen molar-refractivity contribution in [2.24, 2.45) is 0 Å². The molecule has 120 valence electrons. The van der Waals surface area contributed by atoms with Gasteiger partial charge >= 0.3 is 5.97 Å². The second-order valence-corrected chi connectivity index (χ2v) is 5.65. The number of anilines is 2. The van der Waals surface area contributed by atoms with Gasteiger partial charge in [-0.05, 0) is 53.6 Å². The number of carboxylic acid groups (broad SMARTS) is 1. The van der Waals surface area contributed by atoms with E-state index in [4.69, 9.17) is 11.6 Å². The van der Waals surface area contributed by atoms with Crippen LogP contribution in [0.3, 0.4) is 0 Å². The summed E-state index contributed by atoms with van der Waals surface area (Å²) in [6, 6.07) is 18.3. The van der Waals surface area contributed by atoms with Crippen molar-refractivity contribution in [3.8, 4) is 11.1 Å². The van der Waals surface area contributed by atoms with Crippen molar-refractivity contribution in [2.75, 3.05) is 5.32 Å². The molecule has 0 saturated carbocycles. The number of carboxylic acids is 1. The predicted molar refractivity (Wildman–Crippen MR) is 93.5 cm³/mol. The fourth-order valence-electron chi connectivity index (χ4n) is 2.41. The summed E-state index contributed by atoms with van der Waals surface area (Å²) in [4.78, 5) is 11.3. The molecule has 3 aromatic carbocycles. The lowest BCUT2D eigenvalue weighted by molar-refractivity contribution is 0.0698. The second kappa shape index (κ2) is 6.72. The topological polar surface area (TPSA) is 49.3 Å². The first-order valence-corrected chi connectivity index (χ1v) is 7.56. The number of aromatic carboxylic acids is 1. The molecule has 0 aliphatic rings. The highest BCUT2D eigenvalue weighted by atomic mass is 35.5. The fraction of sp³-hybridized carbons (Fsp3) is 0. The fourth-order valence-corrected chi connectivity index (χ4v) is 2.60. The number of halogens is 2. The Kier molecular flexibility index (Phi) is 4.49. The Hall–Kier alpha value is -2.85. The van der Waals surface area contributed by atoms with Gasteiger partial charge in [0.05, 0.1) is 11.3 Å². The van der Waals surface area contributed by atoms with Gasteiger partial charge in [0.25, 0.3) is 0 Å². The van der Waals surface area contributed by atoms with Crippen LogP contribution in [-0.4, -0.2) is 11.1 Å². The normalized spacial score (nSPS) is 10.4. The molecule has 0 amide bonds. The smallest absolute Gasteiger partial charge is 0.337 e. The number of hydrogen-bond donors (Lipinski definition) is 2. The van der Waals surface area contributed by atoms with E-state index >= 15 is 0 Å². The minimum absolute atomic E-state index is 0.00422. The van der Waals surface area contributed by atoms with E-state index in [-0.39, 0.29) is 11.3 Å². The van der Waals surface area contributed by atoms with E-state index in [1.165, 1.54) is 6.07 Å². The Morgan fingerprint density at radius 1 is 0.958 bits per heavy atom. The lowest BCUT2D eigenvalue weighted by atomic mass is 10.0. The van der Waals surface area contributed by atoms with Crippen molar-refractivity contribution >= 4 is 28.9 Å². The van der Waals surface area contributed by atoms with Crippen LogP contribution in [0.1, 0.15) is 10.4 Å². The summed E-state index contributed by atoms with van der Waals surface area (Å²) >= 11 is 6.01. The van der Waals surface area contributed by atoms with Crippen molar-refractivity contribution in [3.05, 3.63) is 83.1 Å². The molecule has 3 rings (SSSR count). The molecule has 0 spiro atoms. The molecule has 0 atom stereocenters. The molecule has 2 N–H and O–H groups in total. The molecule has 0 aromatic heterocycles. The van der Waals surface area contributed by atoms with Gasteiger partial charge in [-0.2, -0.15) is 0 Å². The van der Waals surface area contributed by atoms with Crippen LogP contribution < -0.4 is 5.32 Å². The van der Waals surface area contributed by atoms with Crippen molar-refractivity contribution in [1.82, 2.24) is 0 Å². The molecule has 0 aliphatic carbocycles. The Labute approximate surface area is 143 Å². The van der Waals surface area contributed by atoms with Gasteiger partial charge in [-0.25, -0.2) is 9.18 Å². The maximum absolute atomic E-state index is 13.5. The van der Waals surface area contributed by atoms with Gasteiger partial charge in [-0.1, -0.05) is 35.9 Å². The Morgan fingerprint density at radius 3 is 2.38 bits per heavy atom. The van der Waals surface area contributed by atoms with Crippen molar-refractivity contribution in [2.45, 2.75) is 0 Å². The van der Waals surface area contributed by atoms with E-state index in [1.54, 1.807) is 12.1 Å². The molecule has 24 heavy (non-hydrogen) atoms. The minimum Gasteiger partial charge on any atom is -0.478 e. The van der Waals surface area contributed by atoms with E-state index in [0.717, 1.165) is 23.3 Å². The third-order valence-electron chi connectivity index (χ3n) is 3.51. The summed E-state index contributed by atoms with van der Waals surface area (Å²) in [5, 5.41) is 12.8. The maximum atomic E-state index is 13.5. The monoisotopic (exact) mass is 341 g/mol. The molecular formula is C19H13ClFNO2. The standard InChI is InChI=1S/C19H13ClFNO2/c20-14-5-1-3-12(9-14)13-4-2-6-16(10-13)22-18-11-15(21)7-8-17(18)19(23)24/h1-11,22H,(H,23,24). The van der Waals surface area contributed by atoms with E-state index < -0.39 is 11.8 Å². The summed E-state index contributed by atoms with van der Waals surface area (Å²) in [6.45, 7) is 0. The van der Waals surface area contributed by atoms with Crippen molar-refractivity contribution in [1.29, 1.82) is 0 Å². The third-order valence-corrected chi connectivity index (χ3v) is 3.75. The SMILES string of the molecule is O=C(O)c1ccc(F)cc1Nc1cccc(-c2cccc(Cl)c2)c1. The zero-order valence-corrected chi connectivity index (χ0v) is 13.2. The van der Waals surface area contributed by atoms with E-state index in [1.807, 2.05) is 36.4 Å². The highest BCUT2D eigenvalue weighted by Gasteiger charge is 2.11. The van der Waals surface area contributed by atoms with Crippen LogP contribution in [-0.2, 0) is 0 Å². The second-order valence-electron chi connectivity index (χ2n) is 5.21. The molecule has 3 nitrogen and oxygen atoms in total. The van der Waals surface area contributed by atoms with Crippen LogP contribution >= 0.6 is 11.6 Å². The van der Waals surface area contributed by atoms with E-state index in [0.29, 0.717) is 10.7 Å². The van der Waals surface area contributed by atoms with Crippen molar-refractivity contribution < 1.29 is 14.3 Å². The summed E-state index contributed by atoms with van der Waals surface area (Å²) in [6.07, 6.45) is 0. The Morgan fingerprint density at radius 2 is 1.67 bits per heavy atom. The number of benzene rings is 3. The molecule has 0 radical (unpaired) electrons. The van der Waals surface area contributed by atoms with Crippen LogP contribution in [0.5, 0.6) is 0 Å². The molecule has 0 aliphatic heterocycles. The summed E-state index contributed by atoms with van der Waals surface area (Å²) < 4.78 is 13.5. The predicted octanol–water partition coefficient (Wildman–Crippen LogP) is 5.59. The molecule has 0 unspecified atom stereocenters. The first-order valence-electron chi connectivity index (χ1n) is 7.19. The molecule has 0 fully saturated rings. The van der Waals surface area contributed by atoms with Gasteiger partial charge < -0.3 is 10.4 Å². The molecule has 5 heteroatoms. The first-order chi connectivity index (χ1) is 11.5. The number of carbonyl (C=O) groups is 1. The molecule has 0 heterocycles. The summed E-state index contributed by atoms with van der Waals surface area (Å²) in [5.41, 5.74) is 2.70. The lowest BCUT2D eigenvalue weighted by Gasteiger charge is -2.11. The van der Waals surface area contributed by atoms with Crippen LogP contribution in [0, 0.1) is 5.82 Å². The zero-order valence-electron chi connectivity index (χ0n) is 12.5. The average molecular weight is 342 g/mol. The highest BCUT2D eigenvalue weighted by Crippen LogP contribution is 2.28. The van der Waals surface area contributed by atoms with Gasteiger partial charge in [-0.3, -0.25) is 0 Å². The molecule has 3 aromatic rings. The van der Waals surface area contributed by atoms with Gasteiger partial charge in [0.2, 0.25) is 0 Å². The van der Waals surface area contributed by atoms with E-state index in [2.05, 4.69) is 5.32 Å². The largest absolute Gasteiger partial charge is 0.478 e. The van der Waals surface area contributed by atoms with Gasteiger partial charge in [-0.15, -0.1) is 0 Å². The van der Waals surface area contributed by atoms with Crippen LogP contribution in [0.15, 0.2) is 66.7 Å². The quantitative estimate of drug-likeness (QED) is 0.650.